The highest BCUT2D eigenvalue weighted by Gasteiger charge is 2.30. The van der Waals surface area contributed by atoms with Gasteiger partial charge in [0.1, 0.15) is 17.2 Å². The van der Waals surface area contributed by atoms with Gasteiger partial charge in [-0.2, -0.15) is 16.9 Å². The van der Waals surface area contributed by atoms with Gasteiger partial charge in [-0.3, -0.25) is 9.48 Å². The van der Waals surface area contributed by atoms with Crippen LogP contribution in [0.15, 0.2) is 24.3 Å². The summed E-state index contributed by atoms with van der Waals surface area (Å²) in [6.07, 6.45) is 4.88. The van der Waals surface area contributed by atoms with Crippen molar-refractivity contribution >= 4 is 17.7 Å². The van der Waals surface area contributed by atoms with Gasteiger partial charge in [0, 0.05) is 31.5 Å². The summed E-state index contributed by atoms with van der Waals surface area (Å²) in [5, 5.41) is 4.66. The number of carbonyl (C=O) groups is 1. The number of aromatic nitrogens is 2. The van der Waals surface area contributed by atoms with Gasteiger partial charge in [0.25, 0.3) is 5.91 Å². The zero-order valence-corrected chi connectivity index (χ0v) is 20.2. The summed E-state index contributed by atoms with van der Waals surface area (Å²) in [5.74, 6) is 3.61. The largest absolute Gasteiger partial charge is 0.497 e. The molecule has 0 saturated carbocycles. The highest BCUT2D eigenvalue weighted by Crippen LogP contribution is 2.33. The summed E-state index contributed by atoms with van der Waals surface area (Å²) in [7, 11) is 5.12. The van der Waals surface area contributed by atoms with Crippen LogP contribution in [0.4, 0.5) is 0 Å². The van der Waals surface area contributed by atoms with E-state index in [9.17, 15) is 4.79 Å². The summed E-state index contributed by atoms with van der Waals surface area (Å²) in [6.45, 7) is 4.06. The number of aryl methyl sites for hydroxylation is 1. The molecule has 0 spiro atoms. The third-order valence-corrected chi connectivity index (χ3v) is 7.60. The second kappa shape index (κ2) is 10.6. The molecule has 4 rings (SSSR count). The molecule has 7 nitrogen and oxygen atoms in total. The van der Waals surface area contributed by atoms with Crippen LogP contribution in [0, 0.1) is 0 Å². The van der Waals surface area contributed by atoms with E-state index < -0.39 is 0 Å². The number of carbonyl (C=O) groups excluding carboxylic acids is 1. The quantitative estimate of drug-likeness (QED) is 0.660. The molecule has 2 saturated heterocycles. The Kier molecular flexibility index (Phi) is 7.63. The molecule has 1 unspecified atom stereocenters. The summed E-state index contributed by atoms with van der Waals surface area (Å²) >= 11 is 1.97. The van der Waals surface area contributed by atoms with Crippen LogP contribution >= 0.6 is 11.8 Å². The molecule has 1 atom stereocenters. The van der Waals surface area contributed by atoms with Crippen LogP contribution in [0.3, 0.4) is 0 Å². The van der Waals surface area contributed by atoms with Crippen LogP contribution in [0.25, 0.3) is 11.3 Å². The molecule has 8 heteroatoms. The van der Waals surface area contributed by atoms with Crippen molar-refractivity contribution in [2.75, 3.05) is 51.9 Å². The predicted molar refractivity (Wildman–Crippen MR) is 129 cm³/mol. The fourth-order valence-corrected chi connectivity index (χ4v) is 5.71. The number of piperidine rings is 1. The highest BCUT2D eigenvalue weighted by molar-refractivity contribution is 7.99. The van der Waals surface area contributed by atoms with Crippen molar-refractivity contribution in [1.82, 2.24) is 19.6 Å². The summed E-state index contributed by atoms with van der Waals surface area (Å²) < 4.78 is 12.6. The highest BCUT2D eigenvalue weighted by atomic mass is 32.2. The molecule has 2 aromatic rings. The maximum absolute atomic E-state index is 13.7. The van der Waals surface area contributed by atoms with E-state index >= 15 is 0 Å². The fraction of sp³-hybridized carbons (Fsp3) is 0.583. The van der Waals surface area contributed by atoms with Crippen molar-refractivity contribution < 1.29 is 14.3 Å². The van der Waals surface area contributed by atoms with Crippen molar-refractivity contribution in [2.24, 2.45) is 7.05 Å². The Morgan fingerprint density at radius 3 is 2.66 bits per heavy atom. The van der Waals surface area contributed by atoms with E-state index in [4.69, 9.17) is 9.47 Å². The molecule has 2 aliphatic rings. The minimum Gasteiger partial charge on any atom is -0.497 e. The zero-order valence-electron chi connectivity index (χ0n) is 19.4. The normalized spacial score (nSPS) is 20.1. The van der Waals surface area contributed by atoms with Crippen LogP contribution in [0.1, 0.15) is 36.2 Å². The number of ether oxygens (including phenoxy) is 2. The van der Waals surface area contributed by atoms with Crippen LogP contribution in [-0.2, 0) is 7.05 Å². The summed E-state index contributed by atoms with van der Waals surface area (Å²) in [5.41, 5.74) is 2.14. The molecule has 1 amide bonds. The predicted octanol–water partition coefficient (Wildman–Crippen LogP) is 3.54. The molecule has 0 aliphatic carbocycles. The lowest BCUT2D eigenvalue weighted by Gasteiger charge is -2.35. The Bertz CT molecular complexity index is 926. The molecule has 174 valence electrons. The van der Waals surface area contributed by atoms with Crippen molar-refractivity contribution in [3.63, 3.8) is 0 Å². The topological polar surface area (TPSA) is 59.8 Å². The van der Waals surface area contributed by atoms with Gasteiger partial charge in [0.05, 0.1) is 26.0 Å². The first-order valence-electron chi connectivity index (χ1n) is 11.5. The number of amides is 1. The summed E-state index contributed by atoms with van der Waals surface area (Å²) in [4.78, 5) is 18.4. The first-order valence-corrected chi connectivity index (χ1v) is 12.6. The third-order valence-electron chi connectivity index (χ3n) is 6.40. The van der Waals surface area contributed by atoms with E-state index in [1.54, 1.807) is 18.9 Å². The molecular weight excluding hydrogens is 424 g/mol. The molecule has 2 fully saturated rings. The molecule has 2 aliphatic heterocycles. The molecule has 1 aromatic heterocycles. The summed E-state index contributed by atoms with van der Waals surface area (Å²) in [6, 6.07) is 7.74. The zero-order chi connectivity index (χ0) is 22.5. The van der Waals surface area contributed by atoms with E-state index in [-0.39, 0.29) is 11.9 Å². The van der Waals surface area contributed by atoms with Gasteiger partial charge in [-0.25, -0.2) is 0 Å². The Morgan fingerprint density at radius 1 is 1.09 bits per heavy atom. The smallest absolute Gasteiger partial charge is 0.272 e. The van der Waals surface area contributed by atoms with E-state index in [2.05, 4.69) is 14.9 Å². The van der Waals surface area contributed by atoms with E-state index in [1.807, 2.05) is 43.1 Å². The average molecular weight is 459 g/mol. The minimum absolute atomic E-state index is 0.0672. The lowest BCUT2D eigenvalue weighted by atomic mass is 10.1. The Labute approximate surface area is 195 Å². The first-order chi connectivity index (χ1) is 15.6. The van der Waals surface area contributed by atoms with Gasteiger partial charge in [-0.1, -0.05) is 6.42 Å². The maximum atomic E-state index is 13.7. The van der Waals surface area contributed by atoms with Gasteiger partial charge in [0.15, 0.2) is 0 Å². The Balaban J connectivity index is 1.60. The first kappa shape index (κ1) is 23.0. The average Bonchev–Trinajstić information content (AvgIpc) is 3.06. The van der Waals surface area contributed by atoms with Crippen molar-refractivity contribution in [1.29, 1.82) is 0 Å². The number of likely N-dealkylation sites (tertiary alicyclic amines) is 1. The molecule has 3 heterocycles. The second-order valence-corrected chi connectivity index (χ2v) is 9.70. The molecule has 0 bridgehead atoms. The molecular formula is C24H34N4O3S. The number of rotatable bonds is 6. The molecule has 0 N–H and O–H groups in total. The Morgan fingerprint density at radius 2 is 1.91 bits per heavy atom. The third kappa shape index (κ3) is 5.07. The van der Waals surface area contributed by atoms with Gasteiger partial charge >= 0.3 is 0 Å². The molecule has 1 aromatic carbocycles. The molecule has 0 radical (unpaired) electrons. The lowest BCUT2D eigenvalue weighted by Crippen LogP contribution is -2.49. The monoisotopic (exact) mass is 458 g/mol. The Hall–Kier alpha value is -2.19. The number of thioether (sulfide) groups is 1. The van der Waals surface area contributed by atoms with Crippen LogP contribution < -0.4 is 9.47 Å². The van der Waals surface area contributed by atoms with Crippen molar-refractivity contribution in [2.45, 2.75) is 31.7 Å². The van der Waals surface area contributed by atoms with Crippen LogP contribution in [0.2, 0.25) is 0 Å². The standard InChI is InChI=1S/C24H34N4O3S/c1-26-22(15-21(25-26)20-14-19(30-2)8-9-23(20)31-3)24(29)28-12-7-13-32-17-18(28)16-27-10-5-4-6-11-27/h8-9,14-15,18H,4-7,10-13,16-17H2,1-3H3. The van der Waals surface area contributed by atoms with Gasteiger partial charge in [-0.15, -0.1) is 0 Å². The van der Waals surface area contributed by atoms with Crippen LogP contribution in [-0.4, -0.2) is 83.4 Å². The van der Waals surface area contributed by atoms with E-state index in [1.165, 1.54) is 19.3 Å². The SMILES string of the molecule is COc1ccc(OC)c(-c2cc(C(=O)N3CCCSCC3CN3CCCCC3)n(C)n2)c1. The maximum Gasteiger partial charge on any atom is 0.272 e. The second-order valence-electron chi connectivity index (χ2n) is 8.55. The molecule has 32 heavy (non-hydrogen) atoms. The van der Waals surface area contributed by atoms with Crippen LogP contribution in [0.5, 0.6) is 11.5 Å². The number of methoxy groups -OCH3 is 2. The number of hydrogen-bond donors (Lipinski definition) is 0. The number of nitrogens with zero attached hydrogens (tertiary/aromatic N) is 4. The lowest BCUT2D eigenvalue weighted by molar-refractivity contribution is 0.0634. The van der Waals surface area contributed by atoms with E-state index in [0.29, 0.717) is 17.1 Å². The minimum atomic E-state index is 0.0672. The van der Waals surface area contributed by atoms with Gasteiger partial charge in [-0.05, 0) is 62.4 Å². The van der Waals surface area contributed by atoms with Gasteiger partial charge in [0.2, 0.25) is 0 Å². The van der Waals surface area contributed by atoms with Gasteiger partial charge < -0.3 is 19.3 Å². The van der Waals surface area contributed by atoms with Crippen molar-refractivity contribution in [3.8, 4) is 22.8 Å². The number of benzene rings is 1. The van der Waals surface area contributed by atoms with Crippen molar-refractivity contribution in [3.05, 3.63) is 30.0 Å². The van der Waals surface area contributed by atoms with E-state index in [0.717, 1.165) is 55.4 Å². The number of hydrogen-bond acceptors (Lipinski definition) is 6. The fourth-order valence-electron chi connectivity index (χ4n) is 4.65.